The van der Waals surface area contributed by atoms with Gasteiger partial charge in [0.05, 0.1) is 12.2 Å². The molecule has 1 aliphatic carbocycles. The number of hydrogen-bond donors (Lipinski definition) is 1. The third-order valence-corrected chi connectivity index (χ3v) is 5.85. The number of carbonyl (C=O) groups excluding carboxylic acids is 1. The average molecular weight is 289 g/mol. The largest absolute Gasteiger partial charge is 0.481 e. The molecular formula is C12H19NO5S. The molecule has 0 aromatic heterocycles. The number of sulfone groups is 1. The molecule has 0 bridgehead atoms. The van der Waals surface area contributed by atoms with Crippen LogP contribution in [0.3, 0.4) is 0 Å². The second-order valence-corrected chi connectivity index (χ2v) is 7.56. The summed E-state index contributed by atoms with van der Waals surface area (Å²) in [5.74, 6) is -1.28. The van der Waals surface area contributed by atoms with Gasteiger partial charge in [-0.05, 0) is 25.7 Å². The molecule has 7 heteroatoms. The number of carboxylic acid groups (broad SMARTS) is 1. The fraction of sp³-hybridized carbons (Fsp3) is 0.833. The van der Waals surface area contributed by atoms with Crippen molar-refractivity contribution in [3.8, 4) is 0 Å². The molecule has 1 atom stereocenters. The summed E-state index contributed by atoms with van der Waals surface area (Å²) in [6.45, 7) is 0.116. The van der Waals surface area contributed by atoms with E-state index in [1.807, 2.05) is 0 Å². The third kappa shape index (κ3) is 3.46. The van der Waals surface area contributed by atoms with Gasteiger partial charge in [0.2, 0.25) is 5.91 Å². The number of hydrogen-bond acceptors (Lipinski definition) is 4. The number of aliphatic carboxylic acids is 1. The van der Waals surface area contributed by atoms with Crippen molar-refractivity contribution < 1.29 is 23.1 Å². The van der Waals surface area contributed by atoms with Gasteiger partial charge in [-0.1, -0.05) is 6.42 Å². The molecule has 2 fully saturated rings. The van der Waals surface area contributed by atoms with Gasteiger partial charge in [-0.15, -0.1) is 0 Å². The van der Waals surface area contributed by atoms with Gasteiger partial charge in [-0.3, -0.25) is 9.59 Å². The molecule has 0 radical (unpaired) electrons. The fourth-order valence-electron chi connectivity index (χ4n) is 2.49. The molecule has 1 unspecified atom stereocenters. The molecule has 2 aliphatic rings. The molecule has 1 amide bonds. The third-order valence-electron chi connectivity index (χ3n) is 3.69. The summed E-state index contributed by atoms with van der Waals surface area (Å²) in [6, 6.07) is 0.0453. The van der Waals surface area contributed by atoms with E-state index in [0.29, 0.717) is 12.8 Å². The summed E-state index contributed by atoms with van der Waals surface area (Å²) in [6.07, 6.45) is 3.29. The Bertz CT molecular complexity index is 469. The molecule has 0 spiro atoms. The molecule has 1 heterocycles. The van der Waals surface area contributed by atoms with Crippen molar-refractivity contribution in [2.75, 3.05) is 12.3 Å². The van der Waals surface area contributed by atoms with Crippen molar-refractivity contribution >= 4 is 21.7 Å². The topological polar surface area (TPSA) is 91.8 Å². The van der Waals surface area contributed by atoms with Crippen LogP contribution in [0.25, 0.3) is 0 Å². The van der Waals surface area contributed by atoms with Gasteiger partial charge in [0.1, 0.15) is 5.25 Å². The first-order valence-corrected chi connectivity index (χ1v) is 8.37. The van der Waals surface area contributed by atoms with Crippen LogP contribution in [-0.2, 0) is 19.4 Å². The van der Waals surface area contributed by atoms with E-state index in [2.05, 4.69) is 0 Å². The van der Waals surface area contributed by atoms with E-state index in [-0.39, 0.29) is 30.7 Å². The minimum Gasteiger partial charge on any atom is -0.481 e. The van der Waals surface area contributed by atoms with Gasteiger partial charge in [-0.25, -0.2) is 8.42 Å². The minimum absolute atomic E-state index is 0.0453. The van der Waals surface area contributed by atoms with E-state index >= 15 is 0 Å². The monoisotopic (exact) mass is 289 g/mol. The Balaban J connectivity index is 2.08. The van der Waals surface area contributed by atoms with Crippen molar-refractivity contribution in [1.82, 2.24) is 4.90 Å². The zero-order valence-corrected chi connectivity index (χ0v) is 11.6. The lowest BCUT2D eigenvalue weighted by molar-refractivity contribution is -0.138. The molecule has 2 rings (SSSR count). The predicted octanol–water partition coefficient (Wildman–Crippen LogP) is 0.419. The summed E-state index contributed by atoms with van der Waals surface area (Å²) < 4.78 is 23.9. The highest BCUT2D eigenvalue weighted by Gasteiger charge is 2.41. The zero-order chi connectivity index (χ0) is 14.0. The Hall–Kier alpha value is -1.11. The number of nitrogens with zero attached hydrogens (tertiary/aromatic N) is 1. The fourth-order valence-corrected chi connectivity index (χ4v) is 4.35. The van der Waals surface area contributed by atoms with Crippen molar-refractivity contribution in [3.05, 3.63) is 0 Å². The summed E-state index contributed by atoms with van der Waals surface area (Å²) in [7, 11) is -3.35. The van der Waals surface area contributed by atoms with Crippen molar-refractivity contribution in [2.24, 2.45) is 0 Å². The Labute approximate surface area is 112 Å². The molecule has 6 nitrogen and oxygen atoms in total. The van der Waals surface area contributed by atoms with E-state index in [4.69, 9.17) is 5.11 Å². The van der Waals surface area contributed by atoms with Crippen LogP contribution >= 0.6 is 0 Å². The SMILES string of the molecule is O=C(O)CCN(C(=O)C1CCCCS1(=O)=O)C1CC1. The van der Waals surface area contributed by atoms with Crippen LogP contribution in [0.2, 0.25) is 0 Å². The number of carbonyl (C=O) groups is 2. The van der Waals surface area contributed by atoms with Gasteiger partial charge in [0.25, 0.3) is 0 Å². The standard InChI is InChI=1S/C12H19NO5S/c14-11(15)6-7-13(9-4-5-9)12(16)10-3-1-2-8-19(10,17)18/h9-10H,1-8H2,(H,14,15). The maximum Gasteiger partial charge on any atom is 0.305 e. The normalized spacial score (nSPS) is 25.8. The lowest BCUT2D eigenvalue weighted by atomic mass is 10.1. The quantitative estimate of drug-likeness (QED) is 0.792. The highest BCUT2D eigenvalue weighted by Crippen LogP contribution is 2.30. The Kier molecular flexibility index (Phi) is 4.13. The molecule has 108 valence electrons. The molecule has 0 aromatic rings. The van der Waals surface area contributed by atoms with Crippen LogP contribution in [0.1, 0.15) is 38.5 Å². The lowest BCUT2D eigenvalue weighted by Crippen LogP contribution is -2.47. The lowest BCUT2D eigenvalue weighted by Gasteiger charge is -2.29. The molecule has 1 aliphatic heterocycles. The molecule has 1 saturated carbocycles. The van der Waals surface area contributed by atoms with Crippen LogP contribution in [0.15, 0.2) is 0 Å². The van der Waals surface area contributed by atoms with Crippen LogP contribution in [0.4, 0.5) is 0 Å². The van der Waals surface area contributed by atoms with Gasteiger partial charge >= 0.3 is 5.97 Å². The van der Waals surface area contributed by atoms with Crippen molar-refractivity contribution in [2.45, 2.75) is 49.8 Å². The predicted molar refractivity (Wildman–Crippen MR) is 68.4 cm³/mol. The first kappa shape index (κ1) is 14.3. The van der Waals surface area contributed by atoms with Crippen LogP contribution in [0, 0.1) is 0 Å². The summed E-state index contributed by atoms with van der Waals surface area (Å²) >= 11 is 0. The average Bonchev–Trinajstić information content (AvgIpc) is 3.12. The van der Waals surface area contributed by atoms with E-state index in [1.54, 1.807) is 0 Å². The van der Waals surface area contributed by atoms with E-state index in [1.165, 1.54) is 4.90 Å². The highest BCUT2D eigenvalue weighted by atomic mass is 32.2. The van der Waals surface area contributed by atoms with Crippen LogP contribution < -0.4 is 0 Å². The van der Waals surface area contributed by atoms with Crippen molar-refractivity contribution in [1.29, 1.82) is 0 Å². The Morgan fingerprint density at radius 1 is 1.16 bits per heavy atom. The second kappa shape index (κ2) is 5.48. The molecule has 1 saturated heterocycles. The maximum absolute atomic E-state index is 12.4. The first-order chi connectivity index (χ1) is 8.92. The highest BCUT2D eigenvalue weighted by molar-refractivity contribution is 7.92. The van der Waals surface area contributed by atoms with Gasteiger partial charge in [0.15, 0.2) is 9.84 Å². The summed E-state index contributed by atoms with van der Waals surface area (Å²) in [4.78, 5) is 24.5. The Morgan fingerprint density at radius 3 is 2.37 bits per heavy atom. The van der Waals surface area contributed by atoms with Crippen molar-refractivity contribution in [3.63, 3.8) is 0 Å². The smallest absolute Gasteiger partial charge is 0.305 e. The van der Waals surface area contributed by atoms with Gasteiger partial charge < -0.3 is 10.0 Å². The molecule has 1 N–H and O–H groups in total. The van der Waals surface area contributed by atoms with Crippen LogP contribution in [-0.4, -0.2) is 53.9 Å². The summed E-state index contributed by atoms with van der Waals surface area (Å²) in [5, 5.41) is 7.75. The number of carboxylic acids is 1. The first-order valence-electron chi connectivity index (χ1n) is 6.65. The molecule has 19 heavy (non-hydrogen) atoms. The Morgan fingerprint density at radius 2 is 1.84 bits per heavy atom. The number of amides is 1. The molecular weight excluding hydrogens is 270 g/mol. The van der Waals surface area contributed by atoms with E-state index in [9.17, 15) is 18.0 Å². The number of rotatable bonds is 5. The molecule has 0 aromatic carbocycles. The van der Waals surface area contributed by atoms with Crippen LogP contribution in [0.5, 0.6) is 0 Å². The summed E-state index contributed by atoms with van der Waals surface area (Å²) in [5.41, 5.74) is 0. The minimum atomic E-state index is -3.35. The van der Waals surface area contributed by atoms with Gasteiger partial charge in [-0.2, -0.15) is 0 Å². The van der Waals surface area contributed by atoms with E-state index < -0.39 is 21.1 Å². The zero-order valence-electron chi connectivity index (χ0n) is 10.7. The van der Waals surface area contributed by atoms with E-state index in [0.717, 1.165) is 19.3 Å². The van der Waals surface area contributed by atoms with Gasteiger partial charge in [0, 0.05) is 12.6 Å². The second-order valence-electron chi connectivity index (χ2n) is 5.26. The maximum atomic E-state index is 12.4.